The molecule has 2 bridgehead atoms. The van der Waals surface area contributed by atoms with E-state index >= 15 is 0 Å². The van der Waals surface area contributed by atoms with Gasteiger partial charge in [0.15, 0.2) is 5.60 Å². The Morgan fingerprint density at radius 2 is 1.64 bits per heavy atom. The van der Waals surface area contributed by atoms with Gasteiger partial charge in [0, 0.05) is 24.9 Å². The second-order valence-electron chi connectivity index (χ2n) is 4.31. The predicted octanol–water partition coefficient (Wildman–Crippen LogP) is 1.30. The smallest absolute Gasteiger partial charge is 0.380 e. The van der Waals surface area contributed by atoms with Gasteiger partial charge >= 0.3 is 6.18 Å². The minimum absolute atomic E-state index is 0.284. The van der Waals surface area contributed by atoms with Crippen LogP contribution in [0, 0.1) is 11.8 Å². The van der Waals surface area contributed by atoms with E-state index in [4.69, 9.17) is 0 Å². The van der Waals surface area contributed by atoms with Gasteiger partial charge in [0.05, 0.1) is 0 Å². The second-order valence-corrected chi connectivity index (χ2v) is 4.31. The van der Waals surface area contributed by atoms with Gasteiger partial charge in [-0.3, -0.25) is 0 Å². The van der Waals surface area contributed by atoms with E-state index in [0.29, 0.717) is 12.8 Å². The summed E-state index contributed by atoms with van der Waals surface area (Å²) >= 11 is 0. The van der Waals surface area contributed by atoms with Crippen LogP contribution in [0.25, 0.3) is 0 Å². The van der Waals surface area contributed by atoms with Crippen molar-refractivity contribution in [3.05, 3.63) is 0 Å². The van der Waals surface area contributed by atoms with Crippen LogP contribution in [0.5, 0.6) is 0 Å². The zero-order valence-corrected chi connectivity index (χ0v) is 7.77. The molecule has 0 aromatic rings. The molecule has 2 aliphatic rings. The molecule has 1 aliphatic heterocycles. The maximum atomic E-state index is 12.8. The fraction of sp³-hybridized carbons (Fsp3) is 1.00. The van der Waals surface area contributed by atoms with Crippen LogP contribution < -0.4 is 5.32 Å². The molecule has 5 heteroatoms. The van der Waals surface area contributed by atoms with Crippen LogP contribution in [0.2, 0.25) is 0 Å². The largest absolute Gasteiger partial charge is 0.417 e. The summed E-state index contributed by atoms with van der Waals surface area (Å²) in [6.07, 6.45) is -2.74. The highest BCUT2D eigenvalue weighted by atomic mass is 19.4. The minimum atomic E-state index is -4.48. The van der Waals surface area contributed by atoms with Crippen molar-refractivity contribution < 1.29 is 18.3 Å². The van der Waals surface area contributed by atoms with Crippen LogP contribution in [0.3, 0.4) is 0 Å². The van der Waals surface area contributed by atoms with E-state index < -0.39 is 23.6 Å². The van der Waals surface area contributed by atoms with Crippen LogP contribution >= 0.6 is 0 Å². The van der Waals surface area contributed by atoms with Gasteiger partial charge in [-0.15, -0.1) is 0 Å². The number of piperidine rings is 1. The third-order valence-electron chi connectivity index (χ3n) is 3.59. The molecule has 1 saturated heterocycles. The van der Waals surface area contributed by atoms with E-state index in [2.05, 4.69) is 5.32 Å². The van der Waals surface area contributed by atoms with Crippen molar-refractivity contribution in [3.8, 4) is 0 Å². The average Bonchev–Trinajstić information content (AvgIpc) is 2.00. The standard InChI is InChI=1S/C9H14F3NO/c10-9(11,12)8(14)6-2-1-3-7(8)5-13-4-6/h6-7,13-14H,1-5H2/t6-,7-/m1/s1. The number of alkyl halides is 3. The average molecular weight is 209 g/mol. The van der Waals surface area contributed by atoms with E-state index in [1.807, 2.05) is 0 Å². The fourth-order valence-electron chi connectivity index (χ4n) is 2.79. The quantitative estimate of drug-likeness (QED) is 0.630. The Labute approximate surface area is 80.5 Å². The monoisotopic (exact) mass is 209 g/mol. The molecule has 14 heavy (non-hydrogen) atoms. The molecule has 0 aromatic carbocycles. The van der Waals surface area contributed by atoms with Crippen LogP contribution in [-0.4, -0.2) is 30.0 Å². The molecule has 0 amide bonds. The highest BCUT2D eigenvalue weighted by Crippen LogP contribution is 2.49. The molecule has 1 aliphatic carbocycles. The van der Waals surface area contributed by atoms with Crippen molar-refractivity contribution in [1.29, 1.82) is 0 Å². The molecule has 1 heterocycles. The van der Waals surface area contributed by atoms with Crippen molar-refractivity contribution in [2.24, 2.45) is 11.8 Å². The zero-order chi connectivity index (χ0) is 10.4. The van der Waals surface area contributed by atoms with Gasteiger partial charge in [-0.1, -0.05) is 6.42 Å². The number of hydrogen-bond acceptors (Lipinski definition) is 2. The van der Waals surface area contributed by atoms with Crippen molar-refractivity contribution in [2.75, 3.05) is 13.1 Å². The highest BCUT2D eigenvalue weighted by Gasteiger charge is 2.64. The SMILES string of the molecule is OC1(C(F)(F)F)[C@@H]2CCC[C@@H]1CNC2. The van der Waals surface area contributed by atoms with E-state index in [1.54, 1.807) is 0 Å². The molecule has 1 saturated carbocycles. The number of hydrogen-bond donors (Lipinski definition) is 2. The minimum Gasteiger partial charge on any atom is -0.380 e. The molecule has 82 valence electrons. The summed E-state index contributed by atoms with van der Waals surface area (Å²) < 4.78 is 38.3. The second kappa shape index (κ2) is 3.10. The first-order chi connectivity index (χ1) is 6.46. The number of aliphatic hydroxyl groups is 1. The summed E-state index contributed by atoms with van der Waals surface area (Å²) in [5, 5.41) is 12.8. The third kappa shape index (κ3) is 1.26. The number of rotatable bonds is 0. The maximum absolute atomic E-state index is 12.8. The van der Waals surface area contributed by atoms with Gasteiger partial charge in [-0.2, -0.15) is 13.2 Å². The lowest BCUT2D eigenvalue weighted by molar-refractivity contribution is -0.312. The molecule has 2 rings (SSSR count). The van der Waals surface area contributed by atoms with Crippen LogP contribution in [0.1, 0.15) is 19.3 Å². The Morgan fingerprint density at radius 3 is 2.00 bits per heavy atom. The first-order valence-electron chi connectivity index (χ1n) is 4.96. The number of halogens is 3. The van der Waals surface area contributed by atoms with Crippen molar-refractivity contribution >= 4 is 0 Å². The topological polar surface area (TPSA) is 32.3 Å². The van der Waals surface area contributed by atoms with Crippen LogP contribution in [-0.2, 0) is 0 Å². The van der Waals surface area contributed by atoms with Gasteiger partial charge < -0.3 is 10.4 Å². The summed E-state index contributed by atoms with van der Waals surface area (Å²) in [4.78, 5) is 0. The summed E-state index contributed by atoms with van der Waals surface area (Å²) in [5.41, 5.74) is -2.43. The Kier molecular flexibility index (Phi) is 2.27. The van der Waals surface area contributed by atoms with Crippen molar-refractivity contribution in [1.82, 2.24) is 5.32 Å². The van der Waals surface area contributed by atoms with E-state index in [1.165, 1.54) is 0 Å². The molecular weight excluding hydrogens is 195 g/mol. The fourth-order valence-corrected chi connectivity index (χ4v) is 2.79. The molecule has 2 N–H and O–H groups in total. The van der Waals surface area contributed by atoms with E-state index in [-0.39, 0.29) is 13.1 Å². The van der Waals surface area contributed by atoms with Gasteiger partial charge in [-0.25, -0.2) is 0 Å². The number of fused-ring (bicyclic) bond motifs is 2. The highest BCUT2D eigenvalue weighted by molar-refractivity contribution is 5.05. The van der Waals surface area contributed by atoms with Crippen LogP contribution in [0.15, 0.2) is 0 Å². The number of nitrogens with one attached hydrogen (secondary N) is 1. The summed E-state index contributed by atoms with van der Waals surface area (Å²) in [6, 6.07) is 0. The summed E-state index contributed by atoms with van der Waals surface area (Å²) in [5.74, 6) is -1.31. The molecular formula is C9H14F3NO. The predicted molar refractivity (Wildman–Crippen MR) is 44.7 cm³/mol. The lowest BCUT2D eigenvalue weighted by Crippen LogP contribution is -2.66. The van der Waals surface area contributed by atoms with Crippen molar-refractivity contribution in [3.63, 3.8) is 0 Å². The van der Waals surface area contributed by atoms with Gasteiger partial charge in [0.25, 0.3) is 0 Å². The molecule has 0 radical (unpaired) electrons. The molecule has 0 aromatic heterocycles. The maximum Gasteiger partial charge on any atom is 0.417 e. The van der Waals surface area contributed by atoms with Gasteiger partial charge in [-0.05, 0) is 12.8 Å². The Balaban J connectivity index is 2.31. The molecule has 0 unspecified atom stereocenters. The molecule has 2 atom stereocenters. The Morgan fingerprint density at radius 1 is 1.14 bits per heavy atom. The van der Waals surface area contributed by atoms with E-state index in [0.717, 1.165) is 6.42 Å². The van der Waals surface area contributed by atoms with Crippen LogP contribution in [0.4, 0.5) is 13.2 Å². The summed E-state index contributed by atoms with van der Waals surface area (Å²) in [6.45, 7) is 0.568. The zero-order valence-electron chi connectivity index (χ0n) is 7.77. The first kappa shape index (κ1) is 10.2. The first-order valence-corrected chi connectivity index (χ1v) is 4.96. The third-order valence-corrected chi connectivity index (χ3v) is 3.59. The lowest BCUT2D eigenvalue weighted by Gasteiger charge is -2.50. The molecule has 0 spiro atoms. The summed E-state index contributed by atoms with van der Waals surface area (Å²) in [7, 11) is 0. The van der Waals surface area contributed by atoms with Gasteiger partial charge in [0.2, 0.25) is 0 Å². The normalized spacial score (nSPS) is 43.7. The Bertz CT molecular complexity index is 207. The van der Waals surface area contributed by atoms with Crippen molar-refractivity contribution in [2.45, 2.75) is 31.0 Å². The lowest BCUT2D eigenvalue weighted by atomic mass is 9.65. The Hall–Kier alpha value is -0.290. The van der Waals surface area contributed by atoms with Gasteiger partial charge in [0.1, 0.15) is 0 Å². The van der Waals surface area contributed by atoms with E-state index in [9.17, 15) is 18.3 Å². The molecule has 2 fully saturated rings. The molecule has 2 nitrogen and oxygen atoms in total.